The fourth-order valence-electron chi connectivity index (χ4n) is 9.98. The standard InChI is InChI=1S/C25H29N3O/c1-14-23(29)27(22-5-3-2-4-21(22)26-14)20-10-18-6-7-19(11-20)28(18)25-13-16-8-15-9-17(25)12-24(15,16)25/h2-5,15-20H,6-13H2,1H3/t15?,16?,17?,18-,19+,20?,24?,25?. The molecule has 1 aromatic carbocycles. The molecule has 29 heavy (non-hydrogen) atoms. The fraction of sp³-hybridized carbons (Fsp3) is 0.680. The first-order chi connectivity index (χ1) is 14.1. The number of fused-ring (bicyclic) bond motifs is 3. The van der Waals surface area contributed by atoms with E-state index in [0.717, 1.165) is 47.0 Å². The summed E-state index contributed by atoms with van der Waals surface area (Å²) in [5.41, 5.74) is 4.12. The highest BCUT2D eigenvalue weighted by atomic mass is 16.1. The molecule has 150 valence electrons. The maximum absolute atomic E-state index is 13.2. The Balaban J connectivity index is 1.20. The van der Waals surface area contributed by atoms with Gasteiger partial charge in [0.2, 0.25) is 0 Å². The predicted molar refractivity (Wildman–Crippen MR) is 112 cm³/mol. The van der Waals surface area contributed by atoms with E-state index in [1.165, 1.54) is 25.7 Å². The van der Waals surface area contributed by atoms with E-state index >= 15 is 0 Å². The molecule has 0 N–H and O–H groups in total. The summed E-state index contributed by atoms with van der Waals surface area (Å²) in [7, 11) is 0. The highest BCUT2D eigenvalue weighted by Crippen LogP contribution is 2.90. The van der Waals surface area contributed by atoms with Crippen LogP contribution in [0, 0.1) is 30.1 Å². The summed E-state index contributed by atoms with van der Waals surface area (Å²) >= 11 is 0. The molecule has 6 unspecified atom stereocenters. The molecule has 4 nitrogen and oxygen atoms in total. The molecule has 2 aliphatic heterocycles. The molecule has 8 atom stereocenters. The zero-order valence-electron chi connectivity index (χ0n) is 17.2. The molecular formula is C25H29N3O. The van der Waals surface area contributed by atoms with E-state index in [-0.39, 0.29) is 5.56 Å². The topological polar surface area (TPSA) is 38.1 Å². The van der Waals surface area contributed by atoms with E-state index in [4.69, 9.17) is 0 Å². The number of para-hydroxylation sites is 2. The number of nitrogens with zero attached hydrogens (tertiary/aromatic N) is 3. The van der Waals surface area contributed by atoms with Gasteiger partial charge < -0.3 is 4.57 Å². The summed E-state index contributed by atoms with van der Waals surface area (Å²) in [6.07, 6.45) is 11.1. The van der Waals surface area contributed by atoms with Gasteiger partial charge in [0.25, 0.3) is 5.56 Å². The van der Waals surface area contributed by atoms with Gasteiger partial charge in [0.15, 0.2) is 0 Å². The third-order valence-electron chi connectivity index (χ3n) is 10.7. The third-order valence-corrected chi connectivity index (χ3v) is 10.7. The molecule has 7 fully saturated rings. The minimum Gasteiger partial charge on any atom is -0.302 e. The Morgan fingerprint density at radius 2 is 1.69 bits per heavy atom. The first-order valence-corrected chi connectivity index (χ1v) is 11.9. The van der Waals surface area contributed by atoms with E-state index in [2.05, 4.69) is 32.7 Å². The summed E-state index contributed by atoms with van der Waals surface area (Å²) in [6, 6.07) is 9.95. The van der Waals surface area contributed by atoms with Crippen LogP contribution in [0.4, 0.5) is 0 Å². The predicted octanol–water partition coefficient (Wildman–Crippen LogP) is 4.06. The maximum Gasteiger partial charge on any atom is 0.272 e. The molecule has 5 saturated carbocycles. The number of benzene rings is 1. The van der Waals surface area contributed by atoms with Crippen LogP contribution in [0.3, 0.4) is 0 Å². The largest absolute Gasteiger partial charge is 0.302 e. The lowest BCUT2D eigenvalue weighted by molar-refractivity contribution is -0.318. The van der Waals surface area contributed by atoms with Crippen molar-refractivity contribution in [1.29, 1.82) is 0 Å². The molecule has 0 radical (unpaired) electrons. The Bertz CT molecular complexity index is 1120. The van der Waals surface area contributed by atoms with Gasteiger partial charge in [-0.25, -0.2) is 4.98 Å². The summed E-state index contributed by atoms with van der Waals surface area (Å²) in [5, 5.41) is 0. The van der Waals surface area contributed by atoms with Gasteiger partial charge in [-0.2, -0.15) is 0 Å². The number of hydrogen-bond acceptors (Lipinski definition) is 3. The summed E-state index contributed by atoms with van der Waals surface area (Å²) < 4.78 is 2.13. The van der Waals surface area contributed by atoms with Crippen molar-refractivity contribution < 1.29 is 0 Å². The molecule has 7 aliphatic rings. The van der Waals surface area contributed by atoms with Crippen LogP contribution in [0.1, 0.15) is 63.1 Å². The lowest BCUT2D eigenvalue weighted by atomic mass is 9.29. The van der Waals surface area contributed by atoms with Crippen LogP contribution >= 0.6 is 0 Å². The third kappa shape index (κ3) is 1.52. The van der Waals surface area contributed by atoms with E-state index in [1.807, 2.05) is 13.0 Å². The molecule has 3 heterocycles. The Hall–Kier alpha value is -1.68. The van der Waals surface area contributed by atoms with Crippen molar-refractivity contribution in [2.75, 3.05) is 0 Å². The number of aromatic nitrogens is 2. The smallest absolute Gasteiger partial charge is 0.272 e. The molecule has 1 spiro atoms. The first kappa shape index (κ1) is 16.1. The number of piperidine rings is 1. The molecule has 4 heteroatoms. The zero-order chi connectivity index (χ0) is 19.1. The molecule has 0 amide bonds. The second-order valence-corrected chi connectivity index (χ2v) is 11.2. The van der Waals surface area contributed by atoms with Gasteiger partial charge in [-0.05, 0) is 93.6 Å². The highest BCUT2D eigenvalue weighted by molar-refractivity contribution is 5.74. The van der Waals surface area contributed by atoms with Gasteiger partial charge in [0.05, 0.1) is 11.0 Å². The van der Waals surface area contributed by atoms with Gasteiger partial charge in [-0.15, -0.1) is 0 Å². The van der Waals surface area contributed by atoms with Crippen molar-refractivity contribution in [2.24, 2.45) is 23.2 Å². The summed E-state index contributed by atoms with van der Waals surface area (Å²) in [6.45, 7) is 1.88. The Labute approximate surface area is 171 Å². The Morgan fingerprint density at radius 1 is 0.931 bits per heavy atom. The van der Waals surface area contributed by atoms with Crippen molar-refractivity contribution in [3.8, 4) is 0 Å². The zero-order valence-corrected chi connectivity index (χ0v) is 17.2. The van der Waals surface area contributed by atoms with Crippen LogP contribution in [-0.4, -0.2) is 32.1 Å². The van der Waals surface area contributed by atoms with Gasteiger partial charge in [0.1, 0.15) is 5.69 Å². The first-order valence-electron chi connectivity index (χ1n) is 11.9. The van der Waals surface area contributed by atoms with Crippen LogP contribution < -0.4 is 5.56 Å². The monoisotopic (exact) mass is 387 g/mol. The highest BCUT2D eigenvalue weighted by Gasteiger charge is 2.89. The molecule has 2 aromatic rings. The summed E-state index contributed by atoms with van der Waals surface area (Å²) in [4.78, 5) is 20.8. The fourth-order valence-corrected chi connectivity index (χ4v) is 9.98. The molecule has 2 saturated heterocycles. The lowest BCUT2D eigenvalue weighted by Crippen LogP contribution is -2.84. The minimum absolute atomic E-state index is 0.129. The van der Waals surface area contributed by atoms with Crippen molar-refractivity contribution in [1.82, 2.24) is 14.5 Å². The Morgan fingerprint density at radius 3 is 2.45 bits per heavy atom. The molecule has 4 bridgehead atoms. The van der Waals surface area contributed by atoms with Crippen molar-refractivity contribution in [3.05, 3.63) is 40.3 Å². The van der Waals surface area contributed by atoms with Gasteiger partial charge >= 0.3 is 0 Å². The van der Waals surface area contributed by atoms with Crippen LogP contribution in [-0.2, 0) is 0 Å². The summed E-state index contributed by atoms with van der Waals surface area (Å²) in [5.74, 6) is 3.13. The van der Waals surface area contributed by atoms with Crippen LogP contribution in [0.5, 0.6) is 0 Å². The van der Waals surface area contributed by atoms with Gasteiger partial charge in [-0.1, -0.05) is 12.1 Å². The Kier molecular flexibility index (Phi) is 2.66. The van der Waals surface area contributed by atoms with Gasteiger partial charge in [0, 0.05) is 23.7 Å². The lowest BCUT2D eigenvalue weighted by Gasteiger charge is -2.82. The number of hydrogen-bond donors (Lipinski definition) is 0. The molecule has 1 aromatic heterocycles. The number of aryl methyl sites for hydroxylation is 1. The quantitative estimate of drug-likeness (QED) is 0.780. The molecular weight excluding hydrogens is 358 g/mol. The SMILES string of the molecule is Cc1nc2ccccc2n(C2C[C@H]3CC[C@@H](C2)N3C23CC4CC5CC2CC543)c1=O. The average molecular weight is 388 g/mol. The van der Waals surface area contributed by atoms with Crippen LogP contribution in [0.2, 0.25) is 0 Å². The second kappa shape index (κ2) is 4.80. The second-order valence-electron chi connectivity index (χ2n) is 11.2. The number of rotatable bonds is 2. The van der Waals surface area contributed by atoms with Crippen molar-refractivity contribution in [2.45, 2.75) is 82.0 Å². The van der Waals surface area contributed by atoms with Crippen LogP contribution in [0.15, 0.2) is 29.1 Å². The van der Waals surface area contributed by atoms with E-state index in [9.17, 15) is 4.79 Å². The van der Waals surface area contributed by atoms with Crippen molar-refractivity contribution >= 4 is 11.0 Å². The van der Waals surface area contributed by atoms with E-state index < -0.39 is 0 Å². The van der Waals surface area contributed by atoms with E-state index in [1.54, 1.807) is 12.8 Å². The maximum atomic E-state index is 13.2. The average Bonchev–Trinajstić information content (AvgIpc) is 3.16. The molecule has 9 rings (SSSR count). The van der Waals surface area contributed by atoms with Crippen molar-refractivity contribution in [3.63, 3.8) is 0 Å². The van der Waals surface area contributed by atoms with Crippen LogP contribution in [0.25, 0.3) is 11.0 Å². The van der Waals surface area contributed by atoms with E-state index in [0.29, 0.717) is 29.4 Å². The van der Waals surface area contributed by atoms with Gasteiger partial charge in [-0.3, -0.25) is 9.69 Å². The minimum atomic E-state index is 0.129. The molecule has 5 aliphatic carbocycles. The normalized spacial score (nSPS) is 48.7.